The second-order valence-corrected chi connectivity index (χ2v) is 3.20. The lowest BCUT2D eigenvalue weighted by molar-refractivity contribution is 0.968. The first-order valence-electron chi connectivity index (χ1n) is 3.76. The number of aromatic nitrogens is 4. The fourth-order valence-electron chi connectivity index (χ4n) is 0.977. The summed E-state index contributed by atoms with van der Waals surface area (Å²) in [5, 5.41) is 7.49. The maximum Gasteiger partial charge on any atom is 0.187 e. The highest BCUT2D eigenvalue weighted by Crippen LogP contribution is 2.15. The number of aromatic amines is 1. The van der Waals surface area contributed by atoms with Gasteiger partial charge >= 0.3 is 0 Å². The second-order valence-electron chi connectivity index (χ2n) is 2.43. The molecular weight excluding hydrogens is 184 g/mol. The zero-order valence-corrected chi connectivity index (χ0v) is 7.88. The molecule has 0 aliphatic rings. The molecule has 2 rings (SSSR count). The van der Waals surface area contributed by atoms with E-state index in [2.05, 4.69) is 20.2 Å². The van der Waals surface area contributed by atoms with Gasteiger partial charge in [-0.25, -0.2) is 9.97 Å². The minimum Gasteiger partial charge on any atom is -0.278 e. The summed E-state index contributed by atoms with van der Waals surface area (Å²) in [5.74, 6) is 0. The molecule has 2 heterocycles. The molecule has 0 aliphatic heterocycles. The van der Waals surface area contributed by atoms with Crippen molar-refractivity contribution < 1.29 is 0 Å². The van der Waals surface area contributed by atoms with Crippen molar-refractivity contribution in [3.05, 3.63) is 24.7 Å². The summed E-state index contributed by atoms with van der Waals surface area (Å²) in [7, 11) is 0. The van der Waals surface area contributed by atoms with Crippen LogP contribution in [0.25, 0.3) is 11.3 Å². The highest BCUT2D eigenvalue weighted by atomic mass is 32.2. The number of H-pyrrole nitrogens is 1. The molecule has 0 amide bonds. The summed E-state index contributed by atoms with van der Waals surface area (Å²) >= 11 is 1.53. The number of hydrogen-bond donors (Lipinski definition) is 1. The third kappa shape index (κ3) is 1.70. The maximum absolute atomic E-state index is 4.16. The van der Waals surface area contributed by atoms with Crippen LogP contribution in [-0.2, 0) is 0 Å². The van der Waals surface area contributed by atoms with Crippen LogP contribution in [0.1, 0.15) is 0 Å². The van der Waals surface area contributed by atoms with Crippen LogP contribution in [0.5, 0.6) is 0 Å². The standard InChI is InChI=1S/C8H8N4S/c1-13-8-9-4-6(5-10-8)7-2-3-11-12-7/h2-5H,1H3,(H,11,12). The van der Waals surface area contributed by atoms with Crippen molar-refractivity contribution >= 4 is 11.8 Å². The van der Waals surface area contributed by atoms with Gasteiger partial charge in [0.2, 0.25) is 0 Å². The highest BCUT2D eigenvalue weighted by Gasteiger charge is 1.99. The number of rotatable bonds is 2. The Morgan fingerprint density at radius 2 is 2.08 bits per heavy atom. The van der Waals surface area contributed by atoms with E-state index >= 15 is 0 Å². The third-order valence-corrected chi connectivity index (χ3v) is 2.20. The van der Waals surface area contributed by atoms with Crippen LogP contribution in [0, 0.1) is 0 Å². The molecule has 13 heavy (non-hydrogen) atoms. The molecule has 0 atom stereocenters. The molecule has 0 saturated heterocycles. The molecule has 0 aliphatic carbocycles. The van der Waals surface area contributed by atoms with E-state index in [-0.39, 0.29) is 0 Å². The average Bonchev–Trinajstić information content (AvgIpc) is 2.71. The van der Waals surface area contributed by atoms with Gasteiger partial charge in [0.1, 0.15) is 0 Å². The first kappa shape index (κ1) is 8.25. The van der Waals surface area contributed by atoms with Gasteiger partial charge < -0.3 is 0 Å². The van der Waals surface area contributed by atoms with Crippen LogP contribution in [-0.4, -0.2) is 26.4 Å². The first-order chi connectivity index (χ1) is 6.40. The molecule has 0 aromatic carbocycles. The molecule has 0 spiro atoms. The van der Waals surface area contributed by atoms with Crippen molar-refractivity contribution in [1.82, 2.24) is 20.2 Å². The summed E-state index contributed by atoms with van der Waals surface area (Å²) < 4.78 is 0. The van der Waals surface area contributed by atoms with Gasteiger partial charge in [-0.15, -0.1) is 0 Å². The smallest absolute Gasteiger partial charge is 0.187 e. The lowest BCUT2D eigenvalue weighted by Gasteiger charge is -1.96. The average molecular weight is 192 g/mol. The van der Waals surface area contributed by atoms with Gasteiger partial charge in [0.05, 0.1) is 5.69 Å². The Morgan fingerprint density at radius 1 is 1.31 bits per heavy atom. The van der Waals surface area contributed by atoms with Gasteiger partial charge in [0.25, 0.3) is 0 Å². The molecule has 0 fully saturated rings. The van der Waals surface area contributed by atoms with E-state index in [0.29, 0.717) is 0 Å². The summed E-state index contributed by atoms with van der Waals surface area (Å²) in [4.78, 5) is 8.31. The predicted molar refractivity (Wildman–Crippen MR) is 51.4 cm³/mol. The van der Waals surface area contributed by atoms with Gasteiger partial charge in [-0.3, -0.25) is 5.10 Å². The maximum atomic E-state index is 4.16. The predicted octanol–water partition coefficient (Wildman–Crippen LogP) is 1.59. The molecule has 0 unspecified atom stereocenters. The monoisotopic (exact) mass is 192 g/mol. The Morgan fingerprint density at radius 3 is 2.62 bits per heavy atom. The number of thioether (sulfide) groups is 1. The second kappa shape index (κ2) is 3.57. The van der Waals surface area contributed by atoms with Gasteiger partial charge in [-0.1, -0.05) is 11.8 Å². The molecule has 0 bridgehead atoms. The molecule has 5 heteroatoms. The summed E-state index contributed by atoms with van der Waals surface area (Å²) in [6, 6.07) is 1.89. The molecule has 1 N–H and O–H groups in total. The minimum absolute atomic E-state index is 0.781. The Bertz CT molecular complexity index is 368. The third-order valence-electron chi connectivity index (χ3n) is 1.62. The first-order valence-corrected chi connectivity index (χ1v) is 4.98. The Kier molecular flexibility index (Phi) is 2.27. The van der Waals surface area contributed by atoms with Crippen molar-refractivity contribution in [1.29, 1.82) is 0 Å². The number of nitrogens with zero attached hydrogens (tertiary/aromatic N) is 3. The van der Waals surface area contributed by atoms with Crippen LogP contribution in [0.4, 0.5) is 0 Å². The molecule has 66 valence electrons. The van der Waals surface area contributed by atoms with Gasteiger partial charge in [0, 0.05) is 24.2 Å². The van der Waals surface area contributed by atoms with Crippen LogP contribution >= 0.6 is 11.8 Å². The Labute approximate surface area is 79.8 Å². The Hall–Kier alpha value is -1.36. The van der Waals surface area contributed by atoms with E-state index in [1.54, 1.807) is 18.6 Å². The molecule has 0 saturated carbocycles. The topological polar surface area (TPSA) is 54.5 Å². The highest BCUT2D eigenvalue weighted by molar-refractivity contribution is 7.98. The van der Waals surface area contributed by atoms with E-state index in [4.69, 9.17) is 0 Å². The van der Waals surface area contributed by atoms with Crippen molar-refractivity contribution in [2.75, 3.05) is 6.26 Å². The largest absolute Gasteiger partial charge is 0.278 e. The summed E-state index contributed by atoms with van der Waals surface area (Å²) in [6.45, 7) is 0. The lowest BCUT2D eigenvalue weighted by Crippen LogP contribution is -1.86. The number of hydrogen-bond acceptors (Lipinski definition) is 4. The quantitative estimate of drug-likeness (QED) is 0.580. The molecule has 2 aromatic heterocycles. The van der Waals surface area contributed by atoms with Crippen molar-refractivity contribution in [3.8, 4) is 11.3 Å². The van der Waals surface area contributed by atoms with Crippen molar-refractivity contribution in [2.45, 2.75) is 5.16 Å². The zero-order valence-electron chi connectivity index (χ0n) is 7.06. The van der Waals surface area contributed by atoms with Crippen molar-refractivity contribution in [2.24, 2.45) is 0 Å². The van der Waals surface area contributed by atoms with Gasteiger partial charge in [-0.05, 0) is 12.3 Å². The minimum atomic E-state index is 0.781. The zero-order chi connectivity index (χ0) is 9.10. The lowest BCUT2D eigenvalue weighted by atomic mass is 10.2. The number of nitrogens with one attached hydrogen (secondary N) is 1. The van der Waals surface area contributed by atoms with Gasteiger partial charge in [0.15, 0.2) is 5.16 Å². The van der Waals surface area contributed by atoms with E-state index in [1.807, 2.05) is 12.3 Å². The summed E-state index contributed by atoms with van der Waals surface area (Å²) in [6.07, 6.45) is 7.22. The Balaban J connectivity index is 2.33. The van der Waals surface area contributed by atoms with Crippen LogP contribution in [0.3, 0.4) is 0 Å². The van der Waals surface area contributed by atoms with Crippen LogP contribution in [0.2, 0.25) is 0 Å². The van der Waals surface area contributed by atoms with E-state index in [1.165, 1.54) is 11.8 Å². The normalized spacial score (nSPS) is 10.2. The fraction of sp³-hybridized carbons (Fsp3) is 0.125. The van der Waals surface area contributed by atoms with Gasteiger partial charge in [-0.2, -0.15) is 5.10 Å². The van der Waals surface area contributed by atoms with Crippen molar-refractivity contribution in [3.63, 3.8) is 0 Å². The molecule has 4 nitrogen and oxygen atoms in total. The fourth-order valence-corrected chi connectivity index (χ4v) is 1.29. The SMILES string of the molecule is CSc1ncc(-c2ccn[nH]2)cn1. The van der Waals surface area contributed by atoms with Crippen LogP contribution in [0.15, 0.2) is 29.8 Å². The summed E-state index contributed by atoms with van der Waals surface area (Å²) in [5.41, 5.74) is 1.89. The van der Waals surface area contributed by atoms with E-state index < -0.39 is 0 Å². The molecule has 0 radical (unpaired) electrons. The molecular formula is C8H8N4S. The van der Waals surface area contributed by atoms with E-state index in [9.17, 15) is 0 Å². The van der Waals surface area contributed by atoms with E-state index in [0.717, 1.165) is 16.4 Å². The molecule has 2 aromatic rings. The van der Waals surface area contributed by atoms with Crippen LogP contribution < -0.4 is 0 Å².